The number of rotatable bonds is 4. The molecule has 1 aliphatic heterocycles. The Balaban J connectivity index is 0.00000225. The van der Waals surface area contributed by atoms with Crippen molar-refractivity contribution in [2.75, 3.05) is 19.7 Å². The fourth-order valence-corrected chi connectivity index (χ4v) is 2.60. The van der Waals surface area contributed by atoms with Gasteiger partial charge in [-0.2, -0.15) is 5.26 Å². The van der Waals surface area contributed by atoms with E-state index in [1.54, 1.807) is 12.1 Å². The number of nitrogens with zero attached hydrogens (tertiary/aromatic N) is 2. The number of halogens is 2. The SMILES string of the molecule is Cl.N#Cc1ccnc(C(=O)Cc2ccc([C@@H]3CNCCO3)cc2F)c1. The summed E-state index contributed by atoms with van der Waals surface area (Å²) in [6.45, 7) is 2.02. The van der Waals surface area contributed by atoms with Gasteiger partial charge in [-0.25, -0.2) is 4.39 Å². The van der Waals surface area contributed by atoms with Crippen LogP contribution in [-0.4, -0.2) is 30.5 Å². The van der Waals surface area contributed by atoms with Crippen molar-refractivity contribution in [2.45, 2.75) is 12.5 Å². The standard InChI is InChI=1S/C18H16FN3O2.ClH/c19-15-8-14(18-11-21-5-6-24-18)2-1-13(15)9-17(23)16-7-12(10-20)3-4-22-16;/h1-4,7-8,18,21H,5-6,9,11H2;1H/t18-;/m0./s1. The molecule has 1 aromatic carbocycles. The number of aromatic nitrogens is 1. The molecule has 0 spiro atoms. The molecule has 3 rings (SSSR count). The highest BCUT2D eigenvalue weighted by Crippen LogP contribution is 2.22. The van der Waals surface area contributed by atoms with Crippen LogP contribution >= 0.6 is 12.4 Å². The van der Waals surface area contributed by atoms with Crippen molar-refractivity contribution in [2.24, 2.45) is 0 Å². The van der Waals surface area contributed by atoms with E-state index in [1.165, 1.54) is 24.4 Å². The predicted octanol–water partition coefficient (Wildman–Crippen LogP) is 2.60. The molecule has 1 saturated heterocycles. The van der Waals surface area contributed by atoms with Crippen LogP contribution < -0.4 is 5.32 Å². The molecule has 7 heteroatoms. The topological polar surface area (TPSA) is 75.0 Å². The van der Waals surface area contributed by atoms with Gasteiger partial charge in [-0.1, -0.05) is 12.1 Å². The Labute approximate surface area is 151 Å². The van der Waals surface area contributed by atoms with Gasteiger partial charge in [0.2, 0.25) is 0 Å². The molecule has 1 aliphatic rings. The second kappa shape index (κ2) is 8.67. The first kappa shape index (κ1) is 19.0. The Kier molecular flexibility index (Phi) is 6.59. The van der Waals surface area contributed by atoms with Gasteiger partial charge in [0.05, 0.1) is 24.3 Å². The molecule has 0 radical (unpaired) electrons. The second-order valence-electron chi connectivity index (χ2n) is 5.56. The number of nitrogens with one attached hydrogen (secondary N) is 1. The van der Waals surface area contributed by atoms with Gasteiger partial charge in [0.1, 0.15) is 11.5 Å². The number of carbonyl (C=O) groups excluding carboxylic acids is 1. The van der Waals surface area contributed by atoms with E-state index in [2.05, 4.69) is 10.3 Å². The largest absolute Gasteiger partial charge is 0.371 e. The molecule has 5 nitrogen and oxygen atoms in total. The Bertz CT molecular complexity index is 801. The lowest BCUT2D eigenvalue weighted by molar-refractivity contribution is 0.0275. The molecule has 1 atom stereocenters. The van der Waals surface area contributed by atoms with Gasteiger partial charge in [-0.05, 0) is 29.3 Å². The Hall–Kier alpha value is -2.33. The number of Topliss-reactive ketones (excluding diaryl/α,β-unsaturated/α-hetero) is 1. The third-order valence-electron chi connectivity index (χ3n) is 3.90. The number of ether oxygens (including phenoxy) is 1. The molecule has 130 valence electrons. The van der Waals surface area contributed by atoms with E-state index in [0.717, 1.165) is 12.1 Å². The molecule has 2 aromatic rings. The Morgan fingerprint density at radius 3 is 2.92 bits per heavy atom. The highest BCUT2D eigenvalue weighted by Gasteiger charge is 2.18. The molecule has 0 aliphatic carbocycles. The van der Waals surface area contributed by atoms with Gasteiger partial charge in [-0.15, -0.1) is 12.4 Å². The van der Waals surface area contributed by atoms with Crippen molar-refractivity contribution in [1.29, 1.82) is 5.26 Å². The van der Waals surface area contributed by atoms with E-state index in [9.17, 15) is 9.18 Å². The van der Waals surface area contributed by atoms with Gasteiger partial charge in [0.25, 0.3) is 0 Å². The van der Waals surface area contributed by atoms with Crippen LogP contribution in [-0.2, 0) is 11.2 Å². The van der Waals surface area contributed by atoms with Crippen LogP contribution in [0.15, 0.2) is 36.5 Å². The summed E-state index contributed by atoms with van der Waals surface area (Å²) in [5.74, 6) is -0.763. The van der Waals surface area contributed by atoms with E-state index in [1.807, 2.05) is 6.07 Å². The van der Waals surface area contributed by atoms with E-state index in [0.29, 0.717) is 24.3 Å². The van der Waals surface area contributed by atoms with Crippen molar-refractivity contribution < 1.29 is 13.9 Å². The molecule has 0 amide bonds. The van der Waals surface area contributed by atoms with Crippen molar-refractivity contribution in [1.82, 2.24) is 10.3 Å². The maximum absolute atomic E-state index is 14.3. The monoisotopic (exact) mass is 361 g/mol. The lowest BCUT2D eigenvalue weighted by Crippen LogP contribution is -2.33. The van der Waals surface area contributed by atoms with Gasteiger partial charge in [0.15, 0.2) is 5.78 Å². The smallest absolute Gasteiger partial charge is 0.185 e. The first-order valence-electron chi connectivity index (χ1n) is 7.67. The maximum Gasteiger partial charge on any atom is 0.185 e. The summed E-state index contributed by atoms with van der Waals surface area (Å²) in [5.41, 5.74) is 1.57. The quantitative estimate of drug-likeness (QED) is 0.847. The molecule has 0 saturated carbocycles. The summed E-state index contributed by atoms with van der Waals surface area (Å²) in [6, 6.07) is 9.69. The van der Waals surface area contributed by atoms with E-state index in [4.69, 9.17) is 10.00 Å². The van der Waals surface area contributed by atoms with Gasteiger partial charge >= 0.3 is 0 Å². The average Bonchev–Trinajstić information content (AvgIpc) is 2.64. The number of carbonyl (C=O) groups is 1. The van der Waals surface area contributed by atoms with Crippen LogP contribution in [0.1, 0.15) is 33.3 Å². The average molecular weight is 362 g/mol. The zero-order chi connectivity index (χ0) is 16.9. The minimum Gasteiger partial charge on any atom is -0.371 e. The number of pyridine rings is 1. The number of morpholine rings is 1. The van der Waals surface area contributed by atoms with Gasteiger partial charge < -0.3 is 10.1 Å². The number of nitriles is 1. The van der Waals surface area contributed by atoms with Gasteiger partial charge in [0, 0.05) is 25.7 Å². The lowest BCUT2D eigenvalue weighted by atomic mass is 10.0. The number of ketones is 1. The third kappa shape index (κ3) is 4.60. The first-order chi connectivity index (χ1) is 11.7. The molecule has 25 heavy (non-hydrogen) atoms. The minimum absolute atomic E-state index is 0. The van der Waals surface area contributed by atoms with Crippen LogP contribution in [0.4, 0.5) is 4.39 Å². The molecule has 2 heterocycles. The molecule has 0 unspecified atom stereocenters. The maximum atomic E-state index is 14.3. The molecular weight excluding hydrogens is 345 g/mol. The van der Waals surface area contributed by atoms with Crippen molar-refractivity contribution in [3.63, 3.8) is 0 Å². The summed E-state index contributed by atoms with van der Waals surface area (Å²) in [4.78, 5) is 16.2. The first-order valence-corrected chi connectivity index (χ1v) is 7.67. The van der Waals surface area contributed by atoms with Crippen LogP contribution in [0, 0.1) is 17.1 Å². The van der Waals surface area contributed by atoms with Crippen molar-refractivity contribution in [3.05, 3.63) is 64.7 Å². The number of hydrogen-bond donors (Lipinski definition) is 1. The predicted molar refractivity (Wildman–Crippen MR) is 92.2 cm³/mol. The molecule has 0 bridgehead atoms. The molecule has 1 N–H and O–H groups in total. The summed E-state index contributed by atoms with van der Waals surface area (Å²) in [7, 11) is 0. The summed E-state index contributed by atoms with van der Waals surface area (Å²) in [6.07, 6.45) is 1.13. The third-order valence-corrected chi connectivity index (χ3v) is 3.90. The molecule has 1 fully saturated rings. The van der Waals surface area contributed by atoms with E-state index < -0.39 is 5.82 Å². The van der Waals surface area contributed by atoms with Crippen molar-refractivity contribution >= 4 is 18.2 Å². The fraction of sp³-hybridized carbons (Fsp3) is 0.278. The van der Waals surface area contributed by atoms with Crippen LogP contribution in [0.3, 0.4) is 0 Å². The summed E-state index contributed by atoms with van der Waals surface area (Å²) < 4.78 is 19.9. The Morgan fingerprint density at radius 1 is 1.40 bits per heavy atom. The van der Waals surface area contributed by atoms with Gasteiger partial charge in [-0.3, -0.25) is 9.78 Å². The molecular formula is C18H17ClFN3O2. The number of hydrogen-bond acceptors (Lipinski definition) is 5. The fourth-order valence-electron chi connectivity index (χ4n) is 2.60. The summed E-state index contributed by atoms with van der Waals surface area (Å²) in [5, 5.41) is 12.1. The Morgan fingerprint density at radius 2 is 2.24 bits per heavy atom. The highest BCUT2D eigenvalue weighted by molar-refractivity contribution is 5.96. The normalized spacial score (nSPS) is 16.6. The van der Waals surface area contributed by atoms with Crippen LogP contribution in [0.25, 0.3) is 0 Å². The van der Waals surface area contributed by atoms with Crippen LogP contribution in [0.5, 0.6) is 0 Å². The molecule has 1 aromatic heterocycles. The summed E-state index contributed by atoms with van der Waals surface area (Å²) >= 11 is 0. The van der Waals surface area contributed by atoms with Crippen LogP contribution in [0.2, 0.25) is 0 Å². The van der Waals surface area contributed by atoms with Crippen molar-refractivity contribution in [3.8, 4) is 6.07 Å². The number of benzene rings is 1. The zero-order valence-corrected chi connectivity index (χ0v) is 14.2. The zero-order valence-electron chi connectivity index (χ0n) is 13.4. The van der Waals surface area contributed by atoms with E-state index >= 15 is 0 Å². The van der Waals surface area contributed by atoms with E-state index in [-0.39, 0.29) is 36.4 Å². The minimum atomic E-state index is -0.438. The second-order valence-corrected chi connectivity index (χ2v) is 5.56. The highest BCUT2D eigenvalue weighted by atomic mass is 35.5. The lowest BCUT2D eigenvalue weighted by Gasteiger charge is -2.24.